The highest BCUT2D eigenvalue weighted by Crippen LogP contribution is 2.04. The first-order chi connectivity index (χ1) is 11.4. The molecule has 1 rings (SSSR count). The molecule has 0 saturated carbocycles. The summed E-state index contributed by atoms with van der Waals surface area (Å²) in [5, 5.41) is 0. The third kappa shape index (κ3) is 8.02. The Morgan fingerprint density at radius 2 is 1.12 bits per heavy atom. The van der Waals surface area contributed by atoms with E-state index in [1.54, 1.807) is 20.8 Å². The van der Waals surface area contributed by atoms with Gasteiger partial charge in [0, 0.05) is 5.56 Å². The lowest BCUT2D eigenvalue weighted by atomic mass is 10.1. The van der Waals surface area contributed by atoms with Crippen molar-refractivity contribution in [3.63, 3.8) is 0 Å². The van der Waals surface area contributed by atoms with Crippen molar-refractivity contribution in [2.45, 2.75) is 20.8 Å². The lowest BCUT2D eigenvalue weighted by Crippen LogP contribution is -2.19. The molecule has 7 nitrogen and oxygen atoms in total. The van der Waals surface area contributed by atoms with Crippen LogP contribution >= 0.6 is 0 Å². The molecule has 0 saturated heterocycles. The Kier molecular flexibility index (Phi) is 10.4. The van der Waals surface area contributed by atoms with Gasteiger partial charge in [-0.15, -0.1) is 0 Å². The van der Waals surface area contributed by atoms with Crippen LogP contribution in [-0.4, -0.2) is 43.5 Å². The number of ketones is 1. The van der Waals surface area contributed by atoms with Crippen LogP contribution in [0.4, 0.5) is 4.39 Å². The van der Waals surface area contributed by atoms with Crippen LogP contribution in [0.5, 0.6) is 0 Å². The largest absolute Gasteiger partial charge is 0.460 e. The number of carbonyl (C=O) groups is 4. The minimum atomic E-state index is -0.927. The van der Waals surface area contributed by atoms with Crippen molar-refractivity contribution in [3.05, 3.63) is 35.6 Å². The van der Waals surface area contributed by atoms with Gasteiger partial charge in [-0.2, -0.15) is 0 Å². The molecule has 0 aliphatic carbocycles. The molecule has 0 atom stereocenters. The van der Waals surface area contributed by atoms with Crippen LogP contribution in [0.1, 0.15) is 31.1 Å². The fraction of sp³-hybridized carbons (Fsp3) is 0.375. The molecule has 0 amide bonds. The van der Waals surface area contributed by atoms with E-state index in [9.17, 15) is 23.6 Å². The molecular formula is C16H19FO7. The molecule has 0 aliphatic heterocycles. The number of hydrogen-bond donors (Lipinski definition) is 0. The molecule has 0 heterocycles. The van der Waals surface area contributed by atoms with Crippen LogP contribution in [0.2, 0.25) is 0 Å². The van der Waals surface area contributed by atoms with Crippen molar-refractivity contribution in [1.82, 2.24) is 0 Å². The lowest BCUT2D eigenvalue weighted by molar-refractivity contribution is -0.167. The average Bonchev–Trinajstić information content (AvgIpc) is 2.56. The standard InChI is InChI=1S/C10H9FO3.C6H10O4/c1-2-14-10(13)9(12)7-3-5-8(11)6-4-7;1-3-9-5(7)6(8)10-4-2/h3-6H,2H2,1H3;3-4H2,1-2H3. The van der Waals surface area contributed by atoms with E-state index >= 15 is 0 Å². The minimum absolute atomic E-state index is 0.129. The first-order valence-corrected chi connectivity index (χ1v) is 7.18. The van der Waals surface area contributed by atoms with E-state index in [1.807, 2.05) is 0 Å². The van der Waals surface area contributed by atoms with E-state index in [1.165, 1.54) is 12.1 Å². The van der Waals surface area contributed by atoms with Gasteiger partial charge in [0.25, 0.3) is 5.78 Å². The third-order valence-corrected chi connectivity index (χ3v) is 2.28. The molecule has 132 valence electrons. The second kappa shape index (κ2) is 11.8. The molecule has 0 spiro atoms. The van der Waals surface area contributed by atoms with Gasteiger partial charge in [-0.3, -0.25) is 4.79 Å². The Bertz CT molecular complexity index is 550. The smallest absolute Gasteiger partial charge is 0.417 e. The zero-order valence-electron chi connectivity index (χ0n) is 13.7. The third-order valence-electron chi connectivity index (χ3n) is 2.28. The summed E-state index contributed by atoms with van der Waals surface area (Å²) in [5.41, 5.74) is 0.129. The zero-order chi connectivity index (χ0) is 18.5. The maximum Gasteiger partial charge on any atom is 0.417 e. The summed E-state index contributed by atoms with van der Waals surface area (Å²) in [6, 6.07) is 4.72. The predicted molar refractivity (Wildman–Crippen MR) is 80.6 cm³/mol. The monoisotopic (exact) mass is 342 g/mol. The number of halogens is 1. The predicted octanol–water partition coefficient (Wildman–Crippen LogP) is 1.68. The quantitative estimate of drug-likeness (QED) is 0.348. The number of rotatable bonds is 5. The highest BCUT2D eigenvalue weighted by Gasteiger charge is 2.16. The summed E-state index contributed by atoms with van der Waals surface area (Å²) in [6.45, 7) is 5.38. The Labute approximate surface area is 138 Å². The highest BCUT2D eigenvalue weighted by atomic mass is 19.1. The minimum Gasteiger partial charge on any atom is -0.460 e. The molecule has 0 radical (unpaired) electrons. The van der Waals surface area contributed by atoms with E-state index in [4.69, 9.17) is 0 Å². The van der Waals surface area contributed by atoms with Crippen molar-refractivity contribution >= 4 is 23.7 Å². The highest BCUT2D eigenvalue weighted by molar-refractivity contribution is 6.40. The number of Topliss-reactive ketones (excluding diaryl/α,β-unsaturated/α-hetero) is 1. The van der Waals surface area contributed by atoms with Crippen LogP contribution < -0.4 is 0 Å². The van der Waals surface area contributed by atoms with Gasteiger partial charge in [0.15, 0.2) is 0 Å². The average molecular weight is 342 g/mol. The molecular weight excluding hydrogens is 323 g/mol. The Morgan fingerprint density at radius 1 is 0.750 bits per heavy atom. The van der Waals surface area contributed by atoms with E-state index < -0.39 is 29.5 Å². The number of benzene rings is 1. The summed E-state index contributed by atoms with van der Waals surface area (Å²) in [5.74, 6) is -3.98. The van der Waals surface area contributed by atoms with Gasteiger partial charge in [-0.25, -0.2) is 18.8 Å². The molecule has 0 aliphatic rings. The van der Waals surface area contributed by atoms with Crippen molar-refractivity contribution in [3.8, 4) is 0 Å². The summed E-state index contributed by atoms with van der Waals surface area (Å²) in [4.78, 5) is 43.1. The molecule has 1 aromatic rings. The number of esters is 3. The van der Waals surface area contributed by atoms with Crippen molar-refractivity contribution in [1.29, 1.82) is 0 Å². The molecule has 0 fully saturated rings. The summed E-state index contributed by atoms with van der Waals surface area (Å²) < 4.78 is 25.7. The maximum absolute atomic E-state index is 12.5. The fourth-order valence-electron chi connectivity index (χ4n) is 1.30. The summed E-state index contributed by atoms with van der Waals surface area (Å²) >= 11 is 0. The maximum atomic E-state index is 12.5. The van der Waals surface area contributed by atoms with Gasteiger partial charge in [0.05, 0.1) is 19.8 Å². The molecule has 24 heavy (non-hydrogen) atoms. The van der Waals surface area contributed by atoms with Gasteiger partial charge < -0.3 is 14.2 Å². The lowest BCUT2D eigenvalue weighted by Gasteiger charge is -2.00. The van der Waals surface area contributed by atoms with E-state index in [0.717, 1.165) is 12.1 Å². The number of carbonyl (C=O) groups excluding carboxylic acids is 4. The van der Waals surface area contributed by atoms with Gasteiger partial charge in [0.2, 0.25) is 0 Å². The molecule has 8 heteroatoms. The van der Waals surface area contributed by atoms with Crippen LogP contribution in [0, 0.1) is 5.82 Å². The molecule has 1 aromatic carbocycles. The van der Waals surface area contributed by atoms with Crippen molar-refractivity contribution in [2.24, 2.45) is 0 Å². The second-order valence-electron chi connectivity index (χ2n) is 4.00. The summed E-state index contributed by atoms with van der Waals surface area (Å²) in [7, 11) is 0. The summed E-state index contributed by atoms with van der Waals surface area (Å²) in [6.07, 6.45) is 0. The first-order valence-electron chi connectivity index (χ1n) is 7.18. The molecule has 0 bridgehead atoms. The Morgan fingerprint density at radius 3 is 1.50 bits per heavy atom. The molecule has 0 N–H and O–H groups in total. The fourth-order valence-corrected chi connectivity index (χ4v) is 1.30. The van der Waals surface area contributed by atoms with E-state index in [0.29, 0.717) is 0 Å². The van der Waals surface area contributed by atoms with E-state index in [-0.39, 0.29) is 25.4 Å². The number of hydrogen-bond acceptors (Lipinski definition) is 7. The van der Waals surface area contributed by atoms with Crippen LogP contribution in [0.3, 0.4) is 0 Å². The van der Waals surface area contributed by atoms with Gasteiger partial charge in [-0.05, 0) is 45.0 Å². The van der Waals surface area contributed by atoms with Crippen LogP contribution in [-0.2, 0) is 28.6 Å². The first kappa shape index (κ1) is 21.2. The zero-order valence-corrected chi connectivity index (χ0v) is 13.7. The van der Waals surface area contributed by atoms with Crippen LogP contribution in [0.25, 0.3) is 0 Å². The van der Waals surface area contributed by atoms with Crippen LogP contribution in [0.15, 0.2) is 24.3 Å². The SMILES string of the molecule is CCOC(=O)C(=O)OCC.CCOC(=O)C(=O)c1ccc(F)cc1. The van der Waals surface area contributed by atoms with Crippen molar-refractivity contribution < 1.29 is 37.8 Å². The van der Waals surface area contributed by atoms with Gasteiger partial charge >= 0.3 is 17.9 Å². The topological polar surface area (TPSA) is 96.0 Å². The second-order valence-corrected chi connectivity index (χ2v) is 4.00. The van der Waals surface area contributed by atoms with Crippen molar-refractivity contribution in [2.75, 3.05) is 19.8 Å². The normalized spacial score (nSPS) is 9.17. The Hall–Kier alpha value is -2.77. The molecule has 0 aromatic heterocycles. The number of ether oxygens (including phenoxy) is 3. The Balaban J connectivity index is 0.000000470. The molecule has 0 unspecified atom stereocenters. The van der Waals surface area contributed by atoms with E-state index in [2.05, 4.69) is 14.2 Å². The van der Waals surface area contributed by atoms with Gasteiger partial charge in [0.1, 0.15) is 5.82 Å². The van der Waals surface area contributed by atoms with Gasteiger partial charge in [-0.1, -0.05) is 0 Å².